The molecular formula is C13H16ClN3S2. The molecule has 2 heterocycles. The van der Waals surface area contributed by atoms with E-state index in [1.807, 2.05) is 17.8 Å². The smallest absolute Gasteiger partial charge is 0.179 e. The maximum atomic E-state index is 5.98. The van der Waals surface area contributed by atoms with E-state index < -0.39 is 0 Å². The molecule has 3 rings (SSSR count). The average molecular weight is 314 g/mol. The van der Waals surface area contributed by atoms with Gasteiger partial charge in [0.05, 0.1) is 10.5 Å². The summed E-state index contributed by atoms with van der Waals surface area (Å²) in [4.78, 5) is 7.68. The van der Waals surface area contributed by atoms with Crippen LogP contribution in [0.1, 0.15) is 31.7 Å². The van der Waals surface area contributed by atoms with Gasteiger partial charge in [-0.25, -0.2) is 4.98 Å². The van der Waals surface area contributed by atoms with Gasteiger partial charge in [0.15, 0.2) is 10.4 Å². The third kappa shape index (κ3) is 2.56. The highest BCUT2D eigenvalue weighted by Gasteiger charge is 2.24. The molecule has 0 amide bonds. The van der Waals surface area contributed by atoms with Crippen molar-refractivity contribution in [2.75, 3.05) is 6.26 Å². The van der Waals surface area contributed by atoms with Crippen molar-refractivity contribution in [2.24, 2.45) is 0 Å². The van der Waals surface area contributed by atoms with E-state index in [1.165, 1.54) is 25.7 Å². The standard InChI is InChI=1S/C13H16ClN3S2/c1-19-10-4-2-3-9(6-10)17-12-11(16-13(17)18)5-8(14)7-15-12/h5,7,9-10H,2-4,6H2,1H3,(H,16,18). The molecule has 102 valence electrons. The SMILES string of the molecule is CSC1CCCC(n2c(=S)[nH]c3cc(Cl)cnc32)C1. The topological polar surface area (TPSA) is 33.6 Å². The van der Waals surface area contributed by atoms with E-state index in [-0.39, 0.29) is 0 Å². The van der Waals surface area contributed by atoms with Crippen molar-refractivity contribution in [2.45, 2.75) is 37.0 Å². The number of rotatable bonds is 2. The molecule has 0 aromatic carbocycles. The van der Waals surface area contributed by atoms with Gasteiger partial charge in [0, 0.05) is 17.5 Å². The minimum atomic E-state index is 0.459. The Labute approximate surface area is 126 Å². The Morgan fingerprint density at radius 1 is 1.53 bits per heavy atom. The zero-order chi connectivity index (χ0) is 13.4. The van der Waals surface area contributed by atoms with Gasteiger partial charge in [-0.3, -0.25) is 4.57 Å². The first-order chi connectivity index (χ1) is 9.19. The molecule has 0 saturated heterocycles. The van der Waals surface area contributed by atoms with Crippen LogP contribution < -0.4 is 0 Å². The number of halogens is 1. The number of thioether (sulfide) groups is 1. The second-order valence-corrected chi connectivity index (χ2v) is 6.96. The molecule has 19 heavy (non-hydrogen) atoms. The predicted molar refractivity (Wildman–Crippen MR) is 84.7 cm³/mol. The van der Waals surface area contributed by atoms with Crippen LogP contribution in [-0.4, -0.2) is 26.0 Å². The van der Waals surface area contributed by atoms with Crippen LogP contribution in [-0.2, 0) is 0 Å². The summed E-state index contributed by atoms with van der Waals surface area (Å²) >= 11 is 13.4. The third-order valence-corrected chi connectivity index (χ3v) is 5.42. The van der Waals surface area contributed by atoms with Crippen LogP contribution in [0.5, 0.6) is 0 Å². The summed E-state index contributed by atoms with van der Waals surface area (Å²) in [6, 6.07) is 2.35. The van der Waals surface area contributed by atoms with E-state index in [1.54, 1.807) is 6.20 Å². The third-order valence-electron chi connectivity index (χ3n) is 3.82. The van der Waals surface area contributed by atoms with Crippen molar-refractivity contribution in [3.63, 3.8) is 0 Å². The van der Waals surface area contributed by atoms with Crippen LogP contribution in [0.2, 0.25) is 5.02 Å². The monoisotopic (exact) mass is 313 g/mol. The van der Waals surface area contributed by atoms with E-state index in [0.717, 1.165) is 21.2 Å². The van der Waals surface area contributed by atoms with E-state index in [4.69, 9.17) is 23.8 Å². The van der Waals surface area contributed by atoms with Crippen LogP contribution in [0, 0.1) is 4.77 Å². The lowest BCUT2D eigenvalue weighted by molar-refractivity contribution is 0.364. The lowest BCUT2D eigenvalue weighted by atomic mass is 9.95. The fourth-order valence-corrected chi connectivity index (χ4v) is 4.22. The predicted octanol–water partition coefficient (Wildman–Crippen LogP) is 4.59. The molecule has 1 fully saturated rings. The van der Waals surface area contributed by atoms with Crippen LogP contribution in [0.3, 0.4) is 0 Å². The molecule has 1 saturated carbocycles. The normalized spacial score (nSPS) is 23.9. The van der Waals surface area contributed by atoms with Gasteiger partial charge < -0.3 is 4.98 Å². The molecule has 2 aromatic rings. The summed E-state index contributed by atoms with van der Waals surface area (Å²) in [6.45, 7) is 0. The quantitative estimate of drug-likeness (QED) is 0.823. The van der Waals surface area contributed by atoms with Crippen molar-refractivity contribution in [1.82, 2.24) is 14.5 Å². The molecule has 2 unspecified atom stereocenters. The Kier molecular flexibility index (Phi) is 3.87. The first kappa shape index (κ1) is 13.5. The first-order valence-corrected chi connectivity index (χ1v) is 8.55. The highest BCUT2D eigenvalue weighted by Crippen LogP contribution is 2.35. The molecule has 2 atom stereocenters. The number of pyridine rings is 1. The number of nitrogens with one attached hydrogen (secondary N) is 1. The molecule has 0 radical (unpaired) electrons. The van der Waals surface area contributed by atoms with Gasteiger partial charge in [0.1, 0.15) is 0 Å². The molecule has 1 aliphatic carbocycles. The van der Waals surface area contributed by atoms with E-state index >= 15 is 0 Å². The minimum Gasteiger partial charge on any atom is -0.329 e. The maximum absolute atomic E-state index is 5.98. The molecular weight excluding hydrogens is 298 g/mol. The average Bonchev–Trinajstić information content (AvgIpc) is 2.73. The first-order valence-electron chi connectivity index (χ1n) is 6.47. The Morgan fingerprint density at radius 2 is 2.37 bits per heavy atom. The van der Waals surface area contributed by atoms with Crippen molar-refractivity contribution in [3.05, 3.63) is 22.1 Å². The van der Waals surface area contributed by atoms with E-state index in [2.05, 4.69) is 20.8 Å². The zero-order valence-corrected chi connectivity index (χ0v) is 13.1. The van der Waals surface area contributed by atoms with Crippen molar-refractivity contribution in [3.8, 4) is 0 Å². The molecule has 0 aliphatic heterocycles. The van der Waals surface area contributed by atoms with Gasteiger partial charge in [-0.2, -0.15) is 11.8 Å². The minimum absolute atomic E-state index is 0.459. The lowest BCUT2D eigenvalue weighted by Gasteiger charge is -2.29. The summed E-state index contributed by atoms with van der Waals surface area (Å²) in [5.41, 5.74) is 1.87. The van der Waals surface area contributed by atoms with Gasteiger partial charge in [-0.05, 0) is 43.8 Å². The number of hydrogen-bond acceptors (Lipinski definition) is 3. The molecule has 0 spiro atoms. The molecule has 3 nitrogen and oxygen atoms in total. The maximum Gasteiger partial charge on any atom is 0.179 e. The Balaban J connectivity index is 2.04. The molecule has 1 N–H and O–H groups in total. The summed E-state index contributed by atoms with van der Waals surface area (Å²) in [6.07, 6.45) is 8.82. The molecule has 2 aromatic heterocycles. The fourth-order valence-electron chi connectivity index (χ4n) is 2.90. The summed E-state index contributed by atoms with van der Waals surface area (Å²) in [5.74, 6) is 0. The molecule has 6 heteroatoms. The lowest BCUT2D eigenvalue weighted by Crippen LogP contribution is -2.21. The number of nitrogens with zero attached hydrogens (tertiary/aromatic N) is 2. The Bertz CT molecular complexity index is 649. The van der Waals surface area contributed by atoms with Gasteiger partial charge in [-0.15, -0.1) is 0 Å². The second-order valence-electron chi connectivity index (χ2n) is 5.00. The highest BCUT2D eigenvalue weighted by atomic mass is 35.5. The van der Waals surface area contributed by atoms with Gasteiger partial charge in [0.2, 0.25) is 0 Å². The summed E-state index contributed by atoms with van der Waals surface area (Å²) in [7, 11) is 0. The zero-order valence-electron chi connectivity index (χ0n) is 10.7. The largest absolute Gasteiger partial charge is 0.329 e. The van der Waals surface area contributed by atoms with Gasteiger partial charge in [0.25, 0.3) is 0 Å². The van der Waals surface area contributed by atoms with E-state index in [9.17, 15) is 0 Å². The number of aromatic nitrogens is 3. The van der Waals surface area contributed by atoms with Crippen molar-refractivity contribution < 1.29 is 0 Å². The number of hydrogen-bond donors (Lipinski definition) is 1. The second kappa shape index (κ2) is 5.46. The fraction of sp³-hybridized carbons (Fsp3) is 0.538. The summed E-state index contributed by atoms with van der Waals surface area (Å²) in [5, 5.41) is 1.37. The van der Waals surface area contributed by atoms with Gasteiger partial charge in [-0.1, -0.05) is 18.0 Å². The van der Waals surface area contributed by atoms with E-state index in [0.29, 0.717) is 11.1 Å². The van der Waals surface area contributed by atoms with Crippen LogP contribution in [0.25, 0.3) is 11.2 Å². The highest BCUT2D eigenvalue weighted by molar-refractivity contribution is 7.99. The number of aromatic amines is 1. The molecule has 1 aliphatic rings. The number of fused-ring (bicyclic) bond motifs is 1. The Morgan fingerprint density at radius 3 is 3.16 bits per heavy atom. The van der Waals surface area contributed by atoms with Crippen LogP contribution >= 0.6 is 35.6 Å². The summed E-state index contributed by atoms with van der Waals surface area (Å²) < 4.78 is 2.94. The van der Waals surface area contributed by atoms with Crippen LogP contribution in [0.15, 0.2) is 12.3 Å². The van der Waals surface area contributed by atoms with Gasteiger partial charge >= 0.3 is 0 Å². The van der Waals surface area contributed by atoms with Crippen molar-refractivity contribution >= 4 is 46.7 Å². The number of imidazole rings is 1. The van der Waals surface area contributed by atoms with Crippen LogP contribution in [0.4, 0.5) is 0 Å². The molecule has 0 bridgehead atoms. The number of H-pyrrole nitrogens is 1. The Hall–Kier alpha value is -0.520. The van der Waals surface area contributed by atoms with Crippen molar-refractivity contribution in [1.29, 1.82) is 0 Å².